The van der Waals surface area contributed by atoms with Gasteiger partial charge in [-0.05, 0) is 19.3 Å². The van der Waals surface area contributed by atoms with Crippen LogP contribution in [0, 0.1) is 5.92 Å². The van der Waals surface area contributed by atoms with Crippen molar-refractivity contribution in [3.8, 4) is 0 Å². The van der Waals surface area contributed by atoms with Crippen molar-refractivity contribution in [2.24, 2.45) is 5.92 Å². The molecule has 20 heavy (non-hydrogen) atoms. The monoisotopic (exact) mass is 304 g/mol. The van der Waals surface area contributed by atoms with E-state index in [1.807, 2.05) is 0 Å². The van der Waals surface area contributed by atoms with Crippen molar-refractivity contribution in [2.45, 2.75) is 25.7 Å². The predicted molar refractivity (Wildman–Crippen MR) is 71.5 cm³/mol. The Bertz CT molecular complexity index is 490. The molecule has 2 heterocycles. The van der Waals surface area contributed by atoms with Crippen LogP contribution in [0.5, 0.6) is 0 Å². The van der Waals surface area contributed by atoms with E-state index in [4.69, 9.17) is 5.11 Å². The molecule has 2 fully saturated rings. The molecule has 2 saturated heterocycles. The van der Waals surface area contributed by atoms with Gasteiger partial charge in [-0.2, -0.15) is 0 Å². The lowest BCUT2D eigenvalue weighted by Crippen LogP contribution is -2.43. The van der Waals surface area contributed by atoms with E-state index < -0.39 is 21.9 Å². The van der Waals surface area contributed by atoms with E-state index in [2.05, 4.69) is 0 Å². The first kappa shape index (κ1) is 15.2. The number of carbonyl (C=O) groups excluding carboxylic acids is 1. The SMILES string of the molecule is O=C(O)C1CCCN(C(=O)CCN2CCCS2(=O)=O)C1. The lowest BCUT2D eigenvalue weighted by atomic mass is 9.98. The molecule has 0 aromatic carbocycles. The summed E-state index contributed by atoms with van der Waals surface area (Å²) >= 11 is 0. The van der Waals surface area contributed by atoms with Crippen LogP contribution < -0.4 is 0 Å². The van der Waals surface area contributed by atoms with Gasteiger partial charge in [-0.1, -0.05) is 0 Å². The van der Waals surface area contributed by atoms with Crippen LogP contribution >= 0.6 is 0 Å². The Kier molecular flexibility index (Phi) is 4.64. The van der Waals surface area contributed by atoms with Crippen molar-refractivity contribution in [3.63, 3.8) is 0 Å². The molecular formula is C12H20N2O5S. The number of amides is 1. The van der Waals surface area contributed by atoms with Crippen LogP contribution in [0.1, 0.15) is 25.7 Å². The van der Waals surface area contributed by atoms with Crippen LogP contribution in [0.25, 0.3) is 0 Å². The van der Waals surface area contributed by atoms with Crippen LogP contribution in [0.3, 0.4) is 0 Å². The summed E-state index contributed by atoms with van der Waals surface area (Å²) in [5.41, 5.74) is 0. The van der Waals surface area contributed by atoms with Gasteiger partial charge in [0.1, 0.15) is 0 Å². The number of carboxylic acids is 1. The molecule has 114 valence electrons. The minimum atomic E-state index is -3.17. The number of rotatable bonds is 4. The molecular weight excluding hydrogens is 284 g/mol. The van der Waals surface area contributed by atoms with Gasteiger partial charge in [0.05, 0.1) is 11.7 Å². The van der Waals surface area contributed by atoms with Gasteiger partial charge in [-0.15, -0.1) is 0 Å². The molecule has 2 aliphatic heterocycles. The maximum atomic E-state index is 12.0. The second-order valence-corrected chi connectivity index (χ2v) is 7.42. The summed E-state index contributed by atoms with van der Waals surface area (Å²) in [5.74, 6) is -1.36. The lowest BCUT2D eigenvalue weighted by molar-refractivity contribution is -0.145. The smallest absolute Gasteiger partial charge is 0.308 e. The number of hydrogen-bond donors (Lipinski definition) is 1. The molecule has 8 heteroatoms. The van der Waals surface area contributed by atoms with Gasteiger partial charge in [0.15, 0.2) is 0 Å². The molecule has 0 aromatic heterocycles. The van der Waals surface area contributed by atoms with Crippen molar-refractivity contribution in [3.05, 3.63) is 0 Å². The van der Waals surface area contributed by atoms with Crippen molar-refractivity contribution in [1.82, 2.24) is 9.21 Å². The summed E-state index contributed by atoms with van der Waals surface area (Å²) in [6.07, 6.45) is 2.03. The zero-order chi connectivity index (χ0) is 14.8. The topological polar surface area (TPSA) is 95.0 Å². The van der Waals surface area contributed by atoms with Crippen molar-refractivity contribution >= 4 is 21.9 Å². The van der Waals surface area contributed by atoms with Gasteiger partial charge in [0, 0.05) is 32.6 Å². The van der Waals surface area contributed by atoms with Crippen LogP contribution in [-0.4, -0.2) is 66.5 Å². The number of sulfonamides is 1. The number of likely N-dealkylation sites (tertiary alicyclic amines) is 1. The molecule has 2 aliphatic rings. The first-order chi connectivity index (χ1) is 9.40. The Labute approximate surface area is 118 Å². The van der Waals surface area contributed by atoms with Gasteiger partial charge in [0.25, 0.3) is 0 Å². The molecule has 0 spiro atoms. The van der Waals surface area contributed by atoms with Crippen molar-refractivity contribution in [2.75, 3.05) is 31.9 Å². The summed E-state index contributed by atoms with van der Waals surface area (Å²) < 4.78 is 24.6. The van der Waals surface area contributed by atoms with Crippen LogP contribution in [0.2, 0.25) is 0 Å². The maximum absolute atomic E-state index is 12.0. The zero-order valence-corrected chi connectivity index (χ0v) is 12.1. The Morgan fingerprint density at radius 1 is 1.20 bits per heavy atom. The molecule has 0 aliphatic carbocycles. The van der Waals surface area contributed by atoms with E-state index in [0.29, 0.717) is 32.4 Å². The van der Waals surface area contributed by atoms with E-state index in [9.17, 15) is 18.0 Å². The fraction of sp³-hybridized carbons (Fsp3) is 0.833. The summed E-state index contributed by atoms with van der Waals surface area (Å²) in [5, 5.41) is 8.98. The van der Waals surface area contributed by atoms with Gasteiger partial charge in [-0.25, -0.2) is 12.7 Å². The molecule has 0 bridgehead atoms. The quantitative estimate of drug-likeness (QED) is 0.772. The first-order valence-electron chi connectivity index (χ1n) is 6.88. The third-order valence-electron chi connectivity index (χ3n) is 3.90. The van der Waals surface area contributed by atoms with E-state index in [-0.39, 0.29) is 31.2 Å². The Balaban J connectivity index is 1.84. The van der Waals surface area contributed by atoms with Crippen LogP contribution in [-0.2, 0) is 19.6 Å². The Morgan fingerprint density at radius 2 is 1.95 bits per heavy atom. The fourth-order valence-corrected chi connectivity index (χ4v) is 4.25. The molecule has 1 N–H and O–H groups in total. The third-order valence-corrected chi connectivity index (χ3v) is 5.86. The van der Waals surface area contributed by atoms with Crippen molar-refractivity contribution in [1.29, 1.82) is 0 Å². The van der Waals surface area contributed by atoms with Crippen LogP contribution in [0.4, 0.5) is 0 Å². The summed E-state index contributed by atoms with van der Waals surface area (Å²) in [7, 11) is -3.17. The van der Waals surface area contributed by atoms with Gasteiger partial charge in [-0.3, -0.25) is 9.59 Å². The van der Waals surface area contributed by atoms with E-state index in [1.54, 1.807) is 4.90 Å². The number of carbonyl (C=O) groups is 2. The minimum Gasteiger partial charge on any atom is -0.481 e. The number of hydrogen-bond acceptors (Lipinski definition) is 4. The van der Waals surface area contributed by atoms with Gasteiger partial charge in [0.2, 0.25) is 15.9 Å². The Morgan fingerprint density at radius 3 is 2.55 bits per heavy atom. The van der Waals surface area contributed by atoms with Crippen LogP contribution in [0.15, 0.2) is 0 Å². The van der Waals surface area contributed by atoms with E-state index in [0.717, 1.165) is 0 Å². The molecule has 0 radical (unpaired) electrons. The normalized spacial score (nSPS) is 26.6. The van der Waals surface area contributed by atoms with E-state index in [1.165, 1.54) is 4.31 Å². The predicted octanol–water partition coefficient (Wildman–Crippen LogP) is -0.265. The molecule has 1 atom stereocenters. The standard InChI is InChI=1S/C12H20N2O5S/c15-11(4-7-14-6-2-8-20(14,18)19)13-5-1-3-10(9-13)12(16)17/h10H,1-9H2,(H,16,17). The largest absolute Gasteiger partial charge is 0.481 e. The van der Waals surface area contributed by atoms with Gasteiger partial charge >= 0.3 is 5.97 Å². The molecule has 2 rings (SSSR count). The fourth-order valence-electron chi connectivity index (χ4n) is 2.73. The molecule has 1 unspecified atom stereocenters. The molecule has 1 amide bonds. The summed E-state index contributed by atoms with van der Waals surface area (Å²) in [6, 6.07) is 0. The second kappa shape index (κ2) is 6.09. The maximum Gasteiger partial charge on any atom is 0.308 e. The van der Waals surface area contributed by atoms with E-state index >= 15 is 0 Å². The average molecular weight is 304 g/mol. The average Bonchev–Trinajstić information content (AvgIpc) is 2.75. The molecule has 0 aromatic rings. The lowest BCUT2D eigenvalue weighted by Gasteiger charge is -2.31. The van der Waals surface area contributed by atoms with Gasteiger partial charge < -0.3 is 10.0 Å². The molecule has 0 saturated carbocycles. The molecule has 7 nitrogen and oxygen atoms in total. The third kappa shape index (κ3) is 3.49. The number of aliphatic carboxylic acids is 1. The number of carboxylic acid groups (broad SMARTS) is 1. The zero-order valence-electron chi connectivity index (χ0n) is 11.3. The Hall–Kier alpha value is -1.15. The number of piperidine rings is 1. The summed E-state index contributed by atoms with van der Waals surface area (Å²) in [4.78, 5) is 24.5. The highest BCUT2D eigenvalue weighted by atomic mass is 32.2. The second-order valence-electron chi connectivity index (χ2n) is 5.34. The van der Waals surface area contributed by atoms with Crippen molar-refractivity contribution < 1.29 is 23.1 Å². The first-order valence-corrected chi connectivity index (χ1v) is 8.49. The highest BCUT2D eigenvalue weighted by Gasteiger charge is 2.31. The summed E-state index contributed by atoms with van der Waals surface area (Å²) in [6.45, 7) is 1.49. The number of nitrogens with zero attached hydrogens (tertiary/aromatic N) is 2. The minimum absolute atomic E-state index is 0.131. The highest BCUT2D eigenvalue weighted by Crippen LogP contribution is 2.18. The highest BCUT2D eigenvalue weighted by molar-refractivity contribution is 7.89.